The number of ether oxygens (including phenoxy) is 3. The number of carbonyl (C=O) groups excluding carboxylic acids is 4. The lowest BCUT2D eigenvalue weighted by atomic mass is 9.81. The smallest absolute Gasteiger partial charge is 0.315 e. The second kappa shape index (κ2) is 21.6. The van der Waals surface area contributed by atoms with Crippen molar-refractivity contribution in [3.8, 4) is 17.2 Å². The van der Waals surface area contributed by atoms with Gasteiger partial charge in [0.2, 0.25) is 5.91 Å². The highest BCUT2D eigenvalue weighted by molar-refractivity contribution is 6.19. The molecule has 18 heteroatoms. The van der Waals surface area contributed by atoms with Crippen LogP contribution in [0.2, 0.25) is 0 Å². The minimum atomic E-state index is -1.95. The number of hydrogen-bond acceptors (Lipinski definition) is 16. The molecule has 1 aromatic heterocycles. The number of phenols is 2. The molecule has 3 aromatic rings. The number of aliphatic hydroxyl groups is 2. The first kappa shape index (κ1) is 52.9. The lowest BCUT2D eigenvalue weighted by molar-refractivity contribution is -0.159. The van der Waals surface area contributed by atoms with Gasteiger partial charge in [-0.1, -0.05) is 58.9 Å². The van der Waals surface area contributed by atoms with Crippen LogP contribution < -0.4 is 25.7 Å². The van der Waals surface area contributed by atoms with E-state index >= 15 is 0 Å². The predicted molar refractivity (Wildman–Crippen MR) is 274 cm³/mol. The van der Waals surface area contributed by atoms with Gasteiger partial charge in [-0.15, -0.1) is 0 Å². The molecule has 0 saturated carbocycles. The third-order valence-corrected chi connectivity index (χ3v) is 15.2. The first-order valence-corrected chi connectivity index (χ1v) is 25.7. The van der Waals surface area contributed by atoms with Crippen molar-refractivity contribution >= 4 is 45.8 Å². The van der Waals surface area contributed by atoms with Gasteiger partial charge in [0, 0.05) is 106 Å². The zero-order valence-electron chi connectivity index (χ0n) is 43.3. The zero-order chi connectivity index (χ0) is 52.5. The quantitative estimate of drug-likeness (QED) is 0.119. The van der Waals surface area contributed by atoms with Crippen LogP contribution in [0.3, 0.4) is 0 Å². The van der Waals surface area contributed by atoms with E-state index in [4.69, 9.17) is 24.2 Å². The molecule has 7 heterocycles. The third-order valence-electron chi connectivity index (χ3n) is 15.2. The average Bonchev–Trinajstić information content (AvgIpc) is 3.72. The van der Waals surface area contributed by atoms with Crippen molar-refractivity contribution in [2.75, 3.05) is 56.0 Å². The summed E-state index contributed by atoms with van der Waals surface area (Å²) < 4.78 is 18.5. The van der Waals surface area contributed by atoms with Crippen molar-refractivity contribution in [2.45, 2.75) is 124 Å². The molecule has 2 saturated heterocycles. The standard InChI is InChI=1S/C55H71N7O11/c1-31(2)30-60-24-19-55(20-25-60)58-44-41-42-49(67)36(7)51-43(41)52(69)54(8,73-51)71-28-12-10-17-37(72-40(64)29-39(63)62-23-14-22-61(26-27-62)38-18-9-11-21-56-38)34(5)48(66)35(6)47(65)32(3)15-13-16-33(4)53(70)57-46(50(42)68)45(44)59-55/h9,11-13,15-16,18,21,28,31-32,34-35,37,47-48,65-68H,10,14,17,19-20,22-27,29-30H2,1-8H3,(H,57,70)/b15-13+,28-12+,33-16-/t32?,34-,35+,37+,47-,48?,54-/m0/s1. The summed E-state index contributed by atoms with van der Waals surface area (Å²) in [6.45, 7) is 18.5. The molecular formula is C55H71N7O11. The number of nitrogens with one attached hydrogen (secondary N) is 1. The second-order valence-electron chi connectivity index (χ2n) is 21.1. The van der Waals surface area contributed by atoms with Gasteiger partial charge in [-0.05, 0) is 57.2 Å². The number of fused-ring (bicyclic) bond motifs is 13. The lowest BCUT2D eigenvalue weighted by Crippen LogP contribution is -2.43. The molecule has 9 rings (SSSR count). The van der Waals surface area contributed by atoms with Crippen molar-refractivity contribution in [1.29, 1.82) is 0 Å². The molecule has 2 fully saturated rings. The maximum Gasteiger partial charge on any atom is 0.315 e. The molecular weight excluding hydrogens is 935 g/mol. The summed E-state index contributed by atoms with van der Waals surface area (Å²) in [6, 6.07) is 5.68. The first-order chi connectivity index (χ1) is 34.7. The lowest BCUT2D eigenvalue weighted by Gasteiger charge is -2.36. The highest BCUT2D eigenvalue weighted by atomic mass is 16.7. The van der Waals surface area contributed by atoms with Crippen molar-refractivity contribution in [3.05, 3.63) is 82.4 Å². The van der Waals surface area contributed by atoms with Gasteiger partial charge in [-0.2, -0.15) is 0 Å². The Balaban J connectivity index is 1.11. The van der Waals surface area contributed by atoms with Crippen LogP contribution in [0.15, 0.2) is 70.5 Å². The van der Waals surface area contributed by atoms with Crippen molar-refractivity contribution in [1.82, 2.24) is 14.8 Å². The van der Waals surface area contributed by atoms with E-state index in [-0.39, 0.29) is 74.1 Å². The van der Waals surface area contributed by atoms with E-state index in [0.717, 1.165) is 12.4 Å². The monoisotopic (exact) mass is 1010 g/mol. The van der Waals surface area contributed by atoms with Crippen LogP contribution in [0.5, 0.6) is 17.2 Å². The Morgan fingerprint density at radius 2 is 1.67 bits per heavy atom. The molecule has 2 unspecified atom stereocenters. The van der Waals surface area contributed by atoms with Gasteiger partial charge < -0.3 is 54.7 Å². The molecule has 0 radical (unpaired) electrons. The number of amides is 2. The molecule has 0 aliphatic carbocycles. The summed E-state index contributed by atoms with van der Waals surface area (Å²) in [5.74, 6) is -5.77. The molecule has 1 spiro atoms. The van der Waals surface area contributed by atoms with Gasteiger partial charge in [-0.3, -0.25) is 29.2 Å². The second-order valence-corrected chi connectivity index (χ2v) is 21.1. The number of esters is 1. The largest absolute Gasteiger partial charge is 0.507 e. The number of phenolic OH excluding ortho intramolecular Hbond substituents is 2. The average molecular weight is 1010 g/mol. The van der Waals surface area contributed by atoms with Crippen LogP contribution in [0.25, 0.3) is 10.8 Å². The summed E-state index contributed by atoms with van der Waals surface area (Å²) in [4.78, 5) is 76.9. The van der Waals surface area contributed by atoms with Crippen LogP contribution in [0, 0.1) is 30.6 Å². The number of allylic oxidation sites excluding steroid dienone is 3. The van der Waals surface area contributed by atoms with Gasteiger partial charge in [0.25, 0.3) is 11.7 Å². The minimum Gasteiger partial charge on any atom is -0.507 e. The molecule has 6 aliphatic heterocycles. The Kier molecular flexibility index (Phi) is 15.7. The molecule has 18 nitrogen and oxygen atoms in total. The number of hydrogen-bond donors (Lipinski definition) is 5. The molecule has 2 amide bonds. The number of aliphatic hydroxyl groups excluding tert-OH is 2. The van der Waals surface area contributed by atoms with E-state index in [1.807, 2.05) is 18.2 Å². The SMILES string of the molecule is C/C1=C/C=C/C(C)[C@H](O)[C@@H](C)C(O)[C@@H](C)[C@H](OC(=O)CC(=O)N2CCCN(c3ccccn3)CC2)CC/C=C/O[C@@]2(C)Oc3c(C)c(O)c4c(O)c(c5c(c4c3C2=O)=NC2(CCN(CC(C)C)CC2)N=5)NC1=O. The number of piperidine rings is 1. The Hall–Kier alpha value is -6.37. The fraction of sp³-hybridized carbons (Fsp3) is 0.545. The number of Topliss-reactive ketones (excluding diaryl/α,β-unsaturated/α-hetero) is 1. The van der Waals surface area contributed by atoms with Crippen LogP contribution >= 0.6 is 0 Å². The van der Waals surface area contributed by atoms with Crippen molar-refractivity contribution in [3.63, 3.8) is 0 Å². The molecule has 2 aromatic carbocycles. The molecule has 73 heavy (non-hydrogen) atoms. The Morgan fingerprint density at radius 1 is 0.932 bits per heavy atom. The van der Waals surface area contributed by atoms with Crippen LogP contribution in [-0.4, -0.2) is 134 Å². The highest BCUT2D eigenvalue weighted by Gasteiger charge is 2.50. The maximum absolute atomic E-state index is 14.8. The Bertz CT molecular complexity index is 2840. The fourth-order valence-corrected chi connectivity index (χ4v) is 10.8. The molecule has 5 N–H and O–H groups in total. The van der Waals surface area contributed by atoms with Crippen molar-refractivity contribution in [2.24, 2.45) is 33.7 Å². The first-order valence-electron chi connectivity index (χ1n) is 25.7. The Labute approximate surface area is 426 Å². The number of benzene rings is 2. The number of anilines is 2. The highest BCUT2D eigenvalue weighted by Crippen LogP contribution is 2.50. The minimum absolute atomic E-state index is 0.0370. The van der Waals surface area contributed by atoms with Gasteiger partial charge in [0.15, 0.2) is 11.4 Å². The van der Waals surface area contributed by atoms with Crippen molar-refractivity contribution < 1.29 is 53.8 Å². The number of aromatic hydroxyl groups is 2. The van der Waals surface area contributed by atoms with Gasteiger partial charge in [0.1, 0.15) is 40.9 Å². The summed E-state index contributed by atoms with van der Waals surface area (Å²) in [5.41, 5.74) is -0.605. The Morgan fingerprint density at radius 3 is 2.38 bits per heavy atom. The molecule has 392 valence electrons. The van der Waals surface area contributed by atoms with Gasteiger partial charge in [-0.25, -0.2) is 4.98 Å². The number of pyridine rings is 1. The summed E-state index contributed by atoms with van der Waals surface area (Å²) in [5, 5.41) is 50.7. The van der Waals surface area contributed by atoms with Gasteiger partial charge in [0.05, 0.1) is 34.8 Å². The number of carbonyl (C=O) groups is 4. The van der Waals surface area contributed by atoms with Crippen LogP contribution in [0.1, 0.15) is 103 Å². The number of ketones is 1. The summed E-state index contributed by atoms with van der Waals surface area (Å²) in [7, 11) is 0. The third kappa shape index (κ3) is 10.8. The van der Waals surface area contributed by atoms with Crippen LogP contribution in [-0.2, 0) is 23.9 Å². The summed E-state index contributed by atoms with van der Waals surface area (Å²) in [6.07, 6.45) is 8.06. The van der Waals surface area contributed by atoms with E-state index in [1.165, 1.54) is 13.2 Å². The molecule has 5 bridgehead atoms. The molecule has 6 aliphatic rings. The normalized spacial score (nSPS) is 28.6. The zero-order valence-corrected chi connectivity index (χ0v) is 43.3. The number of rotatable bonds is 6. The van der Waals surface area contributed by atoms with E-state index in [2.05, 4.69) is 33.9 Å². The van der Waals surface area contributed by atoms with E-state index in [1.54, 1.807) is 70.0 Å². The van der Waals surface area contributed by atoms with Gasteiger partial charge >= 0.3 is 11.8 Å². The number of aromatic nitrogens is 1. The number of nitrogens with zero attached hydrogens (tertiary/aromatic N) is 6. The topological polar surface area (TPSA) is 236 Å². The van der Waals surface area contributed by atoms with E-state index in [9.17, 15) is 39.6 Å². The summed E-state index contributed by atoms with van der Waals surface area (Å²) >= 11 is 0. The van der Waals surface area contributed by atoms with Crippen LogP contribution in [0.4, 0.5) is 11.5 Å². The van der Waals surface area contributed by atoms with E-state index in [0.29, 0.717) is 64.4 Å². The predicted octanol–water partition coefficient (Wildman–Crippen LogP) is 5.38. The van der Waals surface area contributed by atoms with E-state index < -0.39 is 77.3 Å². The maximum atomic E-state index is 14.8. The molecule has 7 atom stereocenters. The number of likely N-dealkylation sites (tertiary alicyclic amines) is 1. The fourth-order valence-electron chi connectivity index (χ4n) is 10.8.